The highest BCUT2D eigenvalue weighted by molar-refractivity contribution is 6.04. The zero-order valence-electron chi connectivity index (χ0n) is 18.0. The predicted molar refractivity (Wildman–Crippen MR) is 120 cm³/mol. The molecule has 0 bridgehead atoms. The summed E-state index contributed by atoms with van der Waals surface area (Å²) < 4.78 is 29.9. The number of fused-ring (bicyclic) bond motifs is 3. The van der Waals surface area contributed by atoms with Crippen LogP contribution < -0.4 is 5.32 Å². The lowest BCUT2D eigenvalue weighted by atomic mass is 10.0. The Morgan fingerprint density at radius 1 is 1.12 bits per heavy atom. The average molecular weight is 445 g/mol. The van der Waals surface area contributed by atoms with Crippen LogP contribution in [0.3, 0.4) is 0 Å². The molecule has 2 aromatic carbocycles. The number of hydrogen-bond donors (Lipinski definition) is 1. The molecule has 1 aliphatic carbocycles. The number of rotatable bonds is 4. The molecule has 0 saturated heterocycles. The van der Waals surface area contributed by atoms with E-state index in [0.717, 1.165) is 59.7 Å². The summed E-state index contributed by atoms with van der Waals surface area (Å²) >= 11 is 0. The van der Waals surface area contributed by atoms with Gasteiger partial charge in [0.1, 0.15) is 17.2 Å². The molecule has 4 aromatic rings. The van der Waals surface area contributed by atoms with Crippen molar-refractivity contribution in [2.75, 3.05) is 5.32 Å². The molecule has 6 nitrogen and oxygen atoms in total. The van der Waals surface area contributed by atoms with Gasteiger partial charge in [-0.05, 0) is 55.5 Å². The highest BCUT2D eigenvalue weighted by atomic mass is 19.1. The van der Waals surface area contributed by atoms with E-state index in [1.54, 1.807) is 6.33 Å². The summed E-state index contributed by atoms with van der Waals surface area (Å²) in [7, 11) is 0. The van der Waals surface area contributed by atoms with Crippen molar-refractivity contribution < 1.29 is 13.6 Å². The zero-order valence-corrected chi connectivity index (χ0v) is 18.0. The molecule has 2 aromatic heterocycles. The highest BCUT2D eigenvalue weighted by Gasteiger charge is 2.21. The molecule has 0 fully saturated rings. The summed E-state index contributed by atoms with van der Waals surface area (Å²) in [6.07, 6.45) is 8.50. The van der Waals surface area contributed by atoms with Crippen LogP contribution in [0.1, 0.15) is 40.7 Å². The second-order valence-electron chi connectivity index (χ2n) is 7.92. The van der Waals surface area contributed by atoms with E-state index in [2.05, 4.69) is 45.4 Å². The molecule has 8 heteroatoms. The maximum atomic E-state index is 14.0. The SMILES string of the molecule is CCc1cn(-c2ccc3c(c2)-c2ncc(NC(=O)c4c(F)cccc4F)nc2CCC3)cn1. The number of anilines is 1. The van der Waals surface area contributed by atoms with Crippen molar-refractivity contribution in [2.24, 2.45) is 0 Å². The molecule has 0 saturated carbocycles. The fraction of sp³-hybridized carbons (Fsp3) is 0.200. The van der Waals surface area contributed by atoms with Gasteiger partial charge in [-0.15, -0.1) is 0 Å². The first kappa shape index (κ1) is 20.9. The smallest absolute Gasteiger partial charge is 0.262 e. The Labute approximate surface area is 189 Å². The van der Waals surface area contributed by atoms with Crippen molar-refractivity contribution in [3.05, 3.63) is 89.3 Å². The van der Waals surface area contributed by atoms with Crippen molar-refractivity contribution in [3.8, 4) is 16.9 Å². The first-order chi connectivity index (χ1) is 16.0. The van der Waals surface area contributed by atoms with E-state index < -0.39 is 23.1 Å². The van der Waals surface area contributed by atoms with Crippen molar-refractivity contribution in [1.82, 2.24) is 19.5 Å². The summed E-state index contributed by atoms with van der Waals surface area (Å²) in [6.45, 7) is 2.06. The Morgan fingerprint density at radius 3 is 2.70 bits per heavy atom. The van der Waals surface area contributed by atoms with Gasteiger partial charge in [-0.3, -0.25) is 9.78 Å². The monoisotopic (exact) mass is 445 g/mol. The molecule has 33 heavy (non-hydrogen) atoms. The Kier molecular flexibility index (Phi) is 5.42. The Balaban J connectivity index is 1.48. The number of imidazole rings is 1. The summed E-state index contributed by atoms with van der Waals surface area (Å²) in [5.41, 5.74) is 4.98. The summed E-state index contributed by atoms with van der Waals surface area (Å²) in [6, 6.07) is 9.53. The standard InChI is InChI=1S/C25H21F2N5O/c1-2-16-13-32(14-29-16)17-10-9-15-5-3-8-21-24(18(15)11-17)28-12-22(30-21)31-25(33)23-19(26)6-4-7-20(23)27/h4,6-7,9-14H,2-3,5,8H2,1H3,(H,30,31,33). The van der Waals surface area contributed by atoms with E-state index in [1.807, 2.05) is 10.8 Å². The molecule has 1 amide bonds. The van der Waals surface area contributed by atoms with Crippen molar-refractivity contribution in [2.45, 2.75) is 32.6 Å². The minimum absolute atomic E-state index is 0.156. The van der Waals surface area contributed by atoms with E-state index in [9.17, 15) is 13.6 Å². The van der Waals surface area contributed by atoms with Gasteiger partial charge >= 0.3 is 0 Å². The van der Waals surface area contributed by atoms with Gasteiger partial charge in [0.05, 0.1) is 29.6 Å². The topological polar surface area (TPSA) is 72.7 Å². The van der Waals surface area contributed by atoms with Gasteiger partial charge < -0.3 is 9.88 Å². The molecule has 0 unspecified atom stereocenters. The molecule has 0 spiro atoms. The molecule has 0 radical (unpaired) electrons. The average Bonchev–Trinajstić information content (AvgIpc) is 3.21. The Hall–Kier alpha value is -3.94. The van der Waals surface area contributed by atoms with Crippen LogP contribution in [0.5, 0.6) is 0 Å². The van der Waals surface area contributed by atoms with Crippen LogP contribution in [0, 0.1) is 11.6 Å². The van der Waals surface area contributed by atoms with Gasteiger partial charge in [-0.2, -0.15) is 0 Å². The first-order valence-corrected chi connectivity index (χ1v) is 10.8. The third-order valence-electron chi connectivity index (χ3n) is 5.78. The lowest BCUT2D eigenvalue weighted by Crippen LogP contribution is -2.17. The maximum Gasteiger partial charge on any atom is 0.262 e. The minimum Gasteiger partial charge on any atom is -0.306 e. The molecule has 0 atom stereocenters. The van der Waals surface area contributed by atoms with E-state index in [0.29, 0.717) is 6.42 Å². The third kappa shape index (κ3) is 4.00. The predicted octanol–water partition coefficient (Wildman–Crippen LogP) is 4.91. The number of aromatic nitrogens is 4. The summed E-state index contributed by atoms with van der Waals surface area (Å²) in [5.74, 6) is -2.60. The van der Waals surface area contributed by atoms with Crippen molar-refractivity contribution in [1.29, 1.82) is 0 Å². The van der Waals surface area contributed by atoms with Gasteiger partial charge in [0.2, 0.25) is 0 Å². The number of hydrogen-bond acceptors (Lipinski definition) is 4. The number of nitrogens with zero attached hydrogens (tertiary/aromatic N) is 4. The second-order valence-corrected chi connectivity index (χ2v) is 7.92. The van der Waals surface area contributed by atoms with Crippen LogP contribution in [0.15, 0.2) is 55.1 Å². The number of carbonyl (C=O) groups excluding carboxylic acids is 1. The van der Waals surface area contributed by atoms with E-state index in [-0.39, 0.29) is 5.82 Å². The normalized spacial score (nSPS) is 12.6. The quantitative estimate of drug-likeness (QED) is 0.484. The molecule has 166 valence electrons. The largest absolute Gasteiger partial charge is 0.306 e. The van der Waals surface area contributed by atoms with Crippen LogP contribution >= 0.6 is 0 Å². The number of nitrogens with one attached hydrogen (secondary N) is 1. The van der Waals surface area contributed by atoms with Gasteiger partial charge in [-0.1, -0.05) is 19.1 Å². The van der Waals surface area contributed by atoms with Crippen LogP contribution in [-0.2, 0) is 19.3 Å². The number of amides is 1. The van der Waals surface area contributed by atoms with Crippen molar-refractivity contribution in [3.63, 3.8) is 0 Å². The molecule has 5 rings (SSSR count). The number of aryl methyl sites for hydroxylation is 3. The molecule has 0 aliphatic heterocycles. The Morgan fingerprint density at radius 2 is 1.94 bits per heavy atom. The lowest BCUT2D eigenvalue weighted by Gasteiger charge is -2.12. The molecule has 1 aliphatic rings. The number of halogens is 2. The highest BCUT2D eigenvalue weighted by Crippen LogP contribution is 2.32. The van der Waals surface area contributed by atoms with Crippen LogP contribution in [-0.4, -0.2) is 25.4 Å². The van der Waals surface area contributed by atoms with Gasteiger partial charge in [0.25, 0.3) is 5.91 Å². The van der Waals surface area contributed by atoms with Gasteiger partial charge in [-0.25, -0.2) is 18.7 Å². The molecular weight excluding hydrogens is 424 g/mol. The second kappa shape index (κ2) is 8.54. The fourth-order valence-corrected chi connectivity index (χ4v) is 4.08. The number of benzene rings is 2. The van der Waals surface area contributed by atoms with Crippen LogP contribution in [0.25, 0.3) is 16.9 Å². The minimum atomic E-state index is -0.928. The van der Waals surface area contributed by atoms with Crippen LogP contribution in [0.2, 0.25) is 0 Å². The lowest BCUT2D eigenvalue weighted by molar-refractivity contribution is 0.101. The summed E-state index contributed by atoms with van der Waals surface area (Å²) in [4.78, 5) is 26.0. The summed E-state index contributed by atoms with van der Waals surface area (Å²) in [5, 5.41) is 2.48. The van der Waals surface area contributed by atoms with Crippen molar-refractivity contribution >= 4 is 11.7 Å². The van der Waals surface area contributed by atoms with Gasteiger partial charge in [0, 0.05) is 17.4 Å². The number of carbonyl (C=O) groups is 1. The fourth-order valence-electron chi connectivity index (χ4n) is 4.08. The van der Waals surface area contributed by atoms with E-state index >= 15 is 0 Å². The third-order valence-corrected chi connectivity index (χ3v) is 5.78. The zero-order chi connectivity index (χ0) is 22.9. The van der Waals surface area contributed by atoms with Gasteiger partial charge in [0.15, 0.2) is 5.82 Å². The molecule has 2 heterocycles. The molecule has 1 N–H and O–H groups in total. The van der Waals surface area contributed by atoms with E-state index in [4.69, 9.17) is 0 Å². The van der Waals surface area contributed by atoms with Crippen LogP contribution in [0.4, 0.5) is 14.6 Å². The first-order valence-electron chi connectivity index (χ1n) is 10.8. The van der Waals surface area contributed by atoms with E-state index in [1.165, 1.54) is 17.8 Å². The molecular formula is C25H21F2N5O. The maximum absolute atomic E-state index is 14.0. The Bertz CT molecular complexity index is 1340.